The van der Waals surface area contributed by atoms with Crippen molar-refractivity contribution >= 4 is 16.5 Å². The van der Waals surface area contributed by atoms with Gasteiger partial charge in [-0.3, -0.25) is 0 Å². The van der Waals surface area contributed by atoms with Gasteiger partial charge < -0.3 is 0 Å². The predicted molar refractivity (Wildman–Crippen MR) is 260 cm³/mol. The molecular weight excluding hydrogens is 777 g/mol. The summed E-state index contributed by atoms with van der Waals surface area (Å²) in [6.45, 7) is 12.1. The molecule has 2 aliphatic rings. The largest absolute Gasteiger partial charge is 0.238 e. The summed E-state index contributed by atoms with van der Waals surface area (Å²) < 4.78 is 0. The fourth-order valence-corrected chi connectivity index (χ4v) is 10.7. The lowest BCUT2D eigenvalue weighted by atomic mass is 9.55. The van der Waals surface area contributed by atoms with Gasteiger partial charge in [0.25, 0.3) is 0 Å². The van der Waals surface area contributed by atoms with E-state index >= 15 is 0 Å². The minimum atomic E-state index is -0.415. The van der Waals surface area contributed by atoms with E-state index in [1.54, 1.807) is 12.1 Å². The molecule has 0 aliphatic heterocycles. The summed E-state index contributed by atoms with van der Waals surface area (Å²) in [6, 6.07) is 73.7. The molecule has 4 nitrogen and oxygen atoms in total. The van der Waals surface area contributed by atoms with Crippen LogP contribution in [0.25, 0.3) is 83.2 Å². The van der Waals surface area contributed by atoms with Crippen LogP contribution in [0, 0.1) is 6.57 Å². The quantitative estimate of drug-likeness (QED) is 0.163. The van der Waals surface area contributed by atoms with Crippen LogP contribution in [0.15, 0.2) is 206 Å². The van der Waals surface area contributed by atoms with Crippen molar-refractivity contribution in [3.05, 3.63) is 251 Å². The highest BCUT2D eigenvalue weighted by Crippen LogP contribution is 2.62. The smallest absolute Gasteiger partial charge is 0.187 e. The zero-order valence-electron chi connectivity index (χ0n) is 35.4. The summed E-state index contributed by atoms with van der Waals surface area (Å²) in [5, 5.41) is 2.40. The summed E-state index contributed by atoms with van der Waals surface area (Å²) >= 11 is 0. The molecule has 0 atom stereocenters. The van der Waals surface area contributed by atoms with Crippen LogP contribution in [-0.4, -0.2) is 15.0 Å². The molecule has 0 bridgehead atoms. The topological polar surface area (TPSA) is 43.0 Å². The fraction of sp³-hybridized carbons (Fsp3) is 0.0667. The zero-order valence-corrected chi connectivity index (χ0v) is 35.4. The van der Waals surface area contributed by atoms with Gasteiger partial charge in [-0.25, -0.2) is 19.8 Å². The van der Waals surface area contributed by atoms with Gasteiger partial charge in [-0.1, -0.05) is 214 Å². The average Bonchev–Trinajstić information content (AvgIpc) is 3.66. The summed E-state index contributed by atoms with van der Waals surface area (Å²) in [5.74, 6) is 1.75. The number of hydrogen-bond acceptors (Lipinski definition) is 3. The maximum atomic E-state index is 7.39. The Morgan fingerprint density at radius 1 is 0.344 bits per heavy atom. The molecule has 0 N–H and O–H groups in total. The lowest BCUT2D eigenvalue weighted by Crippen LogP contribution is -2.40. The van der Waals surface area contributed by atoms with Crippen LogP contribution in [0.3, 0.4) is 0 Å². The maximum Gasteiger partial charge on any atom is 0.187 e. The molecule has 0 radical (unpaired) electrons. The molecule has 0 amide bonds. The van der Waals surface area contributed by atoms with E-state index in [4.69, 9.17) is 21.5 Å². The Kier molecular flexibility index (Phi) is 8.44. The number of aromatic nitrogens is 3. The van der Waals surface area contributed by atoms with Crippen molar-refractivity contribution in [1.82, 2.24) is 15.0 Å². The lowest BCUT2D eigenvalue weighted by molar-refractivity contribution is 0.563. The van der Waals surface area contributed by atoms with Crippen LogP contribution in [0.1, 0.15) is 47.2 Å². The first-order valence-electron chi connectivity index (χ1n) is 21.8. The van der Waals surface area contributed by atoms with Crippen LogP contribution in [-0.2, 0) is 10.8 Å². The van der Waals surface area contributed by atoms with Crippen molar-refractivity contribution in [2.75, 3.05) is 0 Å². The van der Waals surface area contributed by atoms with E-state index in [0.717, 1.165) is 27.8 Å². The van der Waals surface area contributed by atoms with Gasteiger partial charge in [0.15, 0.2) is 23.2 Å². The van der Waals surface area contributed by atoms with Crippen molar-refractivity contribution < 1.29 is 0 Å². The van der Waals surface area contributed by atoms with Gasteiger partial charge in [0, 0.05) is 22.1 Å². The lowest BCUT2D eigenvalue weighted by Gasteiger charge is -2.46. The van der Waals surface area contributed by atoms with E-state index in [-0.39, 0.29) is 5.41 Å². The van der Waals surface area contributed by atoms with Crippen molar-refractivity contribution in [2.24, 2.45) is 0 Å². The Balaban J connectivity index is 0.954. The molecule has 9 aromatic carbocycles. The summed E-state index contributed by atoms with van der Waals surface area (Å²) in [5.41, 5.74) is 18.1. The maximum absolute atomic E-state index is 7.39. The van der Waals surface area contributed by atoms with Gasteiger partial charge >= 0.3 is 0 Å². The standard InChI is InChI=1S/C60H40N4/c1-59(2)52-21-11-13-23-54(52)60(55-24-14-12-22-53(55)59)50-20-10-9-19-48(50)49-37-42(31-36-51(49)60)45-35-34-44(46-17-7-8-18-47(45)46)38-25-27-40(28-26-38)57-62-56(39-15-5-4-6-16-39)63-58(64-57)41-29-32-43(61-3)33-30-41/h4-37H,1-2H3. The molecule has 0 unspecified atom stereocenters. The molecule has 12 rings (SSSR count). The normalized spacial score (nSPS) is 13.7. The molecule has 1 spiro atoms. The van der Waals surface area contributed by atoms with Gasteiger partial charge in [0.2, 0.25) is 0 Å². The van der Waals surface area contributed by atoms with Gasteiger partial charge in [-0.15, -0.1) is 0 Å². The molecule has 300 valence electrons. The van der Waals surface area contributed by atoms with Crippen LogP contribution in [0.5, 0.6) is 0 Å². The molecular formula is C60H40N4. The highest BCUT2D eigenvalue weighted by atomic mass is 15.0. The monoisotopic (exact) mass is 816 g/mol. The van der Waals surface area contributed by atoms with Gasteiger partial charge in [-0.05, 0) is 83.6 Å². The minimum absolute atomic E-state index is 0.132. The number of benzene rings is 9. The number of hydrogen-bond donors (Lipinski definition) is 0. The molecule has 2 aliphatic carbocycles. The second-order valence-electron chi connectivity index (χ2n) is 17.4. The first-order valence-corrected chi connectivity index (χ1v) is 21.8. The highest BCUT2D eigenvalue weighted by Gasteiger charge is 2.53. The van der Waals surface area contributed by atoms with Gasteiger partial charge in [-0.2, -0.15) is 0 Å². The van der Waals surface area contributed by atoms with E-state index in [9.17, 15) is 0 Å². The second-order valence-corrected chi connectivity index (χ2v) is 17.4. The number of nitrogens with zero attached hydrogens (tertiary/aromatic N) is 4. The Morgan fingerprint density at radius 2 is 0.766 bits per heavy atom. The van der Waals surface area contributed by atoms with Crippen LogP contribution in [0.4, 0.5) is 5.69 Å². The van der Waals surface area contributed by atoms with Gasteiger partial charge in [0.1, 0.15) is 0 Å². The van der Waals surface area contributed by atoms with Crippen molar-refractivity contribution in [3.63, 3.8) is 0 Å². The summed E-state index contributed by atoms with van der Waals surface area (Å²) in [7, 11) is 0. The first kappa shape index (κ1) is 37.5. The van der Waals surface area contributed by atoms with E-state index < -0.39 is 5.41 Å². The zero-order chi connectivity index (χ0) is 43.0. The van der Waals surface area contributed by atoms with Gasteiger partial charge in [0.05, 0.1) is 12.0 Å². The summed E-state index contributed by atoms with van der Waals surface area (Å²) in [4.78, 5) is 18.3. The summed E-state index contributed by atoms with van der Waals surface area (Å²) in [6.07, 6.45) is 0. The Morgan fingerprint density at radius 3 is 1.34 bits per heavy atom. The number of rotatable bonds is 5. The third-order valence-electron chi connectivity index (χ3n) is 13.7. The third-order valence-corrected chi connectivity index (χ3v) is 13.7. The van der Waals surface area contributed by atoms with Crippen LogP contribution in [0.2, 0.25) is 0 Å². The fourth-order valence-electron chi connectivity index (χ4n) is 10.7. The van der Waals surface area contributed by atoms with E-state index in [1.807, 2.05) is 42.5 Å². The van der Waals surface area contributed by atoms with Crippen molar-refractivity contribution in [1.29, 1.82) is 0 Å². The first-order chi connectivity index (χ1) is 31.4. The Bertz CT molecular complexity index is 3470. The van der Waals surface area contributed by atoms with Crippen molar-refractivity contribution in [2.45, 2.75) is 24.7 Å². The molecule has 0 saturated carbocycles. The van der Waals surface area contributed by atoms with E-state index in [2.05, 4.69) is 170 Å². The SMILES string of the molecule is [C-]#[N+]c1ccc(-c2nc(-c3ccccc3)nc(-c3ccc(-c4ccc(-c5ccc6c(c5)-c5ccccc5C65c6ccccc6C(C)(C)c6ccccc65)c5ccccc45)cc3)n2)cc1. The van der Waals surface area contributed by atoms with E-state index in [1.165, 1.54) is 66.4 Å². The predicted octanol–water partition coefficient (Wildman–Crippen LogP) is 14.9. The Hall–Kier alpha value is -8.26. The average molecular weight is 817 g/mol. The Labute approximate surface area is 373 Å². The van der Waals surface area contributed by atoms with Crippen molar-refractivity contribution in [3.8, 4) is 67.5 Å². The second kappa shape index (κ2) is 14.4. The highest BCUT2D eigenvalue weighted by molar-refractivity contribution is 6.06. The van der Waals surface area contributed by atoms with Crippen LogP contribution < -0.4 is 0 Å². The third kappa shape index (κ3) is 5.58. The molecule has 10 aromatic rings. The molecule has 4 heteroatoms. The van der Waals surface area contributed by atoms with Crippen LogP contribution >= 0.6 is 0 Å². The molecule has 64 heavy (non-hydrogen) atoms. The minimum Gasteiger partial charge on any atom is -0.238 e. The molecule has 0 saturated heterocycles. The van der Waals surface area contributed by atoms with E-state index in [0.29, 0.717) is 23.2 Å². The molecule has 1 aromatic heterocycles. The number of fused-ring (bicyclic) bond motifs is 10. The molecule has 1 heterocycles. The molecule has 0 fully saturated rings.